The highest BCUT2D eigenvalue weighted by Gasteiger charge is 2.28. The Morgan fingerprint density at radius 1 is 1.56 bits per heavy atom. The van der Waals surface area contributed by atoms with Gasteiger partial charge in [0.25, 0.3) is 0 Å². The van der Waals surface area contributed by atoms with Gasteiger partial charge in [-0.3, -0.25) is 0 Å². The number of hydrogen-bond acceptors (Lipinski definition) is 5. The van der Waals surface area contributed by atoms with Gasteiger partial charge in [0.05, 0.1) is 18.3 Å². The van der Waals surface area contributed by atoms with E-state index in [2.05, 4.69) is 10.0 Å². The van der Waals surface area contributed by atoms with Crippen LogP contribution < -0.4 is 14.8 Å². The fraction of sp³-hybridized carbons (Fsp3) is 0.455. The molecule has 18 heavy (non-hydrogen) atoms. The second-order valence-corrected chi connectivity index (χ2v) is 5.77. The van der Waals surface area contributed by atoms with Crippen molar-refractivity contribution in [3.05, 3.63) is 18.2 Å². The zero-order valence-corrected chi connectivity index (χ0v) is 10.8. The summed E-state index contributed by atoms with van der Waals surface area (Å²) in [6, 6.07) is 4.70. The van der Waals surface area contributed by atoms with Crippen molar-refractivity contribution >= 4 is 15.7 Å². The molecule has 0 aromatic heterocycles. The first-order valence-corrected chi connectivity index (χ1v) is 7.16. The van der Waals surface area contributed by atoms with Crippen molar-refractivity contribution in [2.45, 2.75) is 17.9 Å². The van der Waals surface area contributed by atoms with E-state index in [9.17, 15) is 8.42 Å². The maximum Gasteiger partial charge on any atom is 0.246 e. The second-order valence-electron chi connectivity index (χ2n) is 4.12. The first-order chi connectivity index (χ1) is 8.54. The van der Waals surface area contributed by atoms with E-state index in [0.29, 0.717) is 11.4 Å². The van der Waals surface area contributed by atoms with E-state index < -0.39 is 10.0 Å². The average Bonchev–Trinajstić information content (AvgIpc) is 2.43. The van der Waals surface area contributed by atoms with Gasteiger partial charge in [-0.15, -0.1) is 0 Å². The number of benzene rings is 1. The number of anilines is 1. The zero-order valence-electron chi connectivity index (χ0n) is 10.0. The Hall–Kier alpha value is -1.31. The molecule has 0 saturated heterocycles. The number of rotatable bonds is 3. The van der Waals surface area contributed by atoms with Crippen molar-refractivity contribution in [1.29, 1.82) is 0 Å². The topological polar surface area (TPSA) is 87.7 Å². The standard InChI is InChI=1S/C11H16N2O4S/c1-8-7-17-10-4-2-3-9(12-5-6-14)11(10)18(15,16)13-8/h2-4,8,12-14H,5-7H2,1H3/t8-/m1/s1. The minimum absolute atomic E-state index is 0.0750. The molecule has 1 aromatic rings. The van der Waals surface area contributed by atoms with Crippen LogP contribution in [0.5, 0.6) is 5.75 Å². The van der Waals surface area contributed by atoms with Crippen LogP contribution in [0.3, 0.4) is 0 Å². The molecule has 7 heteroatoms. The Bertz CT molecular complexity index is 530. The quantitative estimate of drug-likeness (QED) is 0.729. The molecule has 1 aromatic carbocycles. The summed E-state index contributed by atoms with van der Waals surface area (Å²) in [7, 11) is -3.61. The highest BCUT2D eigenvalue weighted by Crippen LogP contribution is 2.33. The molecular weight excluding hydrogens is 256 g/mol. The molecule has 0 bridgehead atoms. The van der Waals surface area contributed by atoms with Crippen LogP contribution in [0, 0.1) is 0 Å². The van der Waals surface area contributed by atoms with E-state index in [0.717, 1.165) is 0 Å². The van der Waals surface area contributed by atoms with Crippen molar-refractivity contribution in [3.8, 4) is 5.75 Å². The maximum absolute atomic E-state index is 12.2. The van der Waals surface area contributed by atoms with Crippen molar-refractivity contribution < 1.29 is 18.3 Å². The molecule has 0 saturated carbocycles. The molecule has 0 aliphatic carbocycles. The summed E-state index contributed by atoms with van der Waals surface area (Å²) < 4.78 is 32.4. The van der Waals surface area contributed by atoms with Gasteiger partial charge in [0.2, 0.25) is 10.0 Å². The number of hydrogen-bond donors (Lipinski definition) is 3. The smallest absolute Gasteiger partial charge is 0.246 e. The van der Waals surface area contributed by atoms with Crippen molar-refractivity contribution in [2.24, 2.45) is 0 Å². The van der Waals surface area contributed by atoms with Gasteiger partial charge in [0, 0.05) is 6.54 Å². The predicted octanol–water partition coefficient (Wildman–Crippen LogP) is 0.150. The summed E-state index contributed by atoms with van der Waals surface area (Å²) in [5.41, 5.74) is 0.433. The first kappa shape index (κ1) is 13.1. The number of aliphatic hydroxyl groups excluding tert-OH is 1. The average molecular weight is 272 g/mol. The molecule has 0 spiro atoms. The summed E-state index contributed by atoms with van der Waals surface area (Å²) in [5.74, 6) is 0.329. The molecule has 1 aliphatic rings. The normalized spacial score (nSPS) is 21.6. The molecule has 1 heterocycles. The lowest BCUT2D eigenvalue weighted by Crippen LogP contribution is -2.34. The molecule has 6 nitrogen and oxygen atoms in total. The lowest BCUT2D eigenvalue weighted by atomic mass is 10.3. The van der Waals surface area contributed by atoms with E-state index >= 15 is 0 Å². The van der Waals surface area contributed by atoms with E-state index in [1.165, 1.54) is 0 Å². The van der Waals surface area contributed by atoms with Gasteiger partial charge in [-0.2, -0.15) is 0 Å². The lowest BCUT2D eigenvalue weighted by molar-refractivity contribution is 0.288. The third kappa shape index (κ3) is 2.58. The minimum atomic E-state index is -3.61. The van der Waals surface area contributed by atoms with Crippen LogP contribution in [-0.4, -0.2) is 39.3 Å². The molecule has 0 unspecified atom stereocenters. The van der Waals surface area contributed by atoms with Gasteiger partial charge in [-0.25, -0.2) is 13.1 Å². The van der Waals surface area contributed by atoms with E-state index in [-0.39, 0.29) is 30.7 Å². The Kier molecular flexibility index (Phi) is 3.74. The van der Waals surface area contributed by atoms with E-state index in [4.69, 9.17) is 9.84 Å². The lowest BCUT2D eigenvalue weighted by Gasteiger charge is -2.13. The Balaban J connectivity index is 2.49. The molecule has 100 valence electrons. The molecule has 0 radical (unpaired) electrons. The maximum atomic E-state index is 12.2. The van der Waals surface area contributed by atoms with Crippen LogP contribution in [0.1, 0.15) is 6.92 Å². The van der Waals surface area contributed by atoms with Crippen LogP contribution in [0.2, 0.25) is 0 Å². The SMILES string of the molecule is C[C@@H]1COc2cccc(NCCO)c2S(=O)(=O)N1. The minimum Gasteiger partial charge on any atom is -0.490 e. The van der Waals surface area contributed by atoms with Crippen LogP contribution >= 0.6 is 0 Å². The summed E-state index contributed by atoms with van der Waals surface area (Å²) >= 11 is 0. The van der Waals surface area contributed by atoms with Crippen molar-refractivity contribution in [1.82, 2.24) is 4.72 Å². The van der Waals surface area contributed by atoms with E-state index in [1.54, 1.807) is 25.1 Å². The Morgan fingerprint density at radius 3 is 3.06 bits per heavy atom. The van der Waals surface area contributed by atoms with Crippen LogP contribution in [-0.2, 0) is 10.0 Å². The summed E-state index contributed by atoms with van der Waals surface area (Å²) in [6.45, 7) is 2.23. The first-order valence-electron chi connectivity index (χ1n) is 5.67. The molecule has 1 atom stereocenters. The molecule has 0 amide bonds. The Labute approximate surface area is 106 Å². The second kappa shape index (κ2) is 5.13. The third-order valence-corrected chi connectivity index (χ3v) is 4.19. The molecule has 2 rings (SSSR count). The highest BCUT2D eigenvalue weighted by molar-refractivity contribution is 7.89. The summed E-state index contributed by atoms with van der Waals surface area (Å²) in [5, 5.41) is 11.7. The molecule has 0 fully saturated rings. The highest BCUT2D eigenvalue weighted by atomic mass is 32.2. The van der Waals surface area contributed by atoms with Gasteiger partial charge in [0.15, 0.2) is 0 Å². The van der Waals surface area contributed by atoms with Crippen molar-refractivity contribution in [3.63, 3.8) is 0 Å². The summed E-state index contributed by atoms with van der Waals surface area (Å²) in [6.07, 6.45) is 0. The van der Waals surface area contributed by atoms with Gasteiger partial charge < -0.3 is 15.2 Å². The van der Waals surface area contributed by atoms with Gasteiger partial charge in [-0.1, -0.05) is 6.07 Å². The van der Waals surface area contributed by atoms with Gasteiger partial charge in [-0.05, 0) is 19.1 Å². The third-order valence-electron chi connectivity index (χ3n) is 2.52. The predicted molar refractivity (Wildman–Crippen MR) is 67.3 cm³/mol. The van der Waals surface area contributed by atoms with Gasteiger partial charge in [0.1, 0.15) is 17.3 Å². The van der Waals surface area contributed by atoms with Crippen LogP contribution in [0.15, 0.2) is 23.1 Å². The molecular formula is C11H16N2O4S. The number of sulfonamides is 1. The number of nitrogens with one attached hydrogen (secondary N) is 2. The number of aliphatic hydroxyl groups is 1. The van der Waals surface area contributed by atoms with Crippen molar-refractivity contribution in [2.75, 3.05) is 25.1 Å². The molecule has 1 aliphatic heterocycles. The van der Waals surface area contributed by atoms with E-state index in [1.807, 2.05) is 0 Å². The van der Waals surface area contributed by atoms with Crippen LogP contribution in [0.25, 0.3) is 0 Å². The largest absolute Gasteiger partial charge is 0.490 e. The zero-order chi connectivity index (χ0) is 13.2. The van der Waals surface area contributed by atoms with Gasteiger partial charge >= 0.3 is 0 Å². The molecule has 3 N–H and O–H groups in total. The summed E-state index contributed by atoms with van der Waals surface area (Å²) in [4.78, 5) is 0.0998. The monoisotopic (exact) mass is 272 g/mol. The Morgan fingerprint density at radius 2 is 2.33 bits per heavy atom. The fourth-order valence-electron chi connectivity index (χ4n) is 1.81. The fourth-order valence-corrected chi connectivity index (χ4v) is 3.35. The number of ether oxygens (including phenoxy) is 1. The number of fused-ring (bicyclic) bond motifs is 1. The van der Waals surface area contributed by atoms with Crippen LogP contribution in [0.4, 0.5) is 5.69 Å².